The van der Waals surface area contributed by atoms with Crippen LogP contribution < -0.4 is 0 Å². The number of carboxylic acids is 1. The molecule has 0 aliphatic heterocycles. The number of carbonyl (C=O) groups is 1. The van der Waals surface area contributed by atoms with E-state index in [2.05, 4.69) is 25.7 Å². The Labute approximate surface area is 118 Å². The topological polar surface area (TPSA) is 40.5 Å². The fourth-order valence-electron chi connectivity index (χ4n) is 3.13. The average molecular weight is 269 g/mol. The highest BCUT2D eigenvalue weighted by Gasteiger charge is 2.41. The Kier molecular flexibility index (Phi) is 6.84. The molecule has 0 aromatic rings. The van der Waals surface area contributed by atoms with Gasteiger partial charge in [-0.15, -0.1) is 0 Å². The van der Waals surface area contributed by atoms with Crippen LogP contribution in [0.5, 0.6) is 0 Å². The van der Waals surface area contributed by atoms with Gasteiger partial charge in [0, 0.05) is 12.6 Å². The van der Waals surface area contributed by atoms with Gasteiger partial charge in [-0.3, -0.25) is 9.69 Å². The van der Waals surface area contributed by atoms with Crippen molar-refractivity contribution in [1.82, 2.24) is 4.90 Å². The largest absolute Gasteiger partial charge is 0.481 e. The van der Waals surface area contributed by atoms with E-state index in [0.29, 0.717) is 6.04 Å². The Morgan fingerprint density at radius 1 is 1.26 bits per heavy atom. The predicted octanol–water partition coefficient (Wildman–Crippen LogP) is 3.92. The van der Waals surface area contributed by atoms with E-state index in [1.165, 1.54) is 19.3 Å². The third-order valence-corrected chi connectivity index (χ3v) is 4.78. The van der Waals surface area contributed by atoms with Crippen molar-refractivity contribution in [2.75, 3.05) is 13.1 Å². The molecule has 1 N–H and O–H groups in total. The van der Waals surface area contributed by atoms with Crippen LogP contribution >= 0.6 is 0 Å². The van der Waals surface area contributed by atoms with Crippen LogP contribution in [-0.2, 0) is 4.79 Å². The molecule has 1 unspecified atom stereocenters. The Hall–Kier alpha value is -0.570. The summed E-state index contributed by atoms with van der Waals surface area (Å²) in [4.78, 5) is 14.2. The van der Waals surface area contributed by atoms with Gasteiger partial charge in [-0.2, -0.15) is 0 Å². The van der Waals surface area contributed by atoms with Crippen molar-refractivity contribution < 1.29 is 9.90 Å². The zero-order chi connectivity index (χ0) is 14.3. The molecule has 0 spiro atoms. The molecule has 0 saturated heterocycles. The van der Waals surface area contributed by atoms with Gasteiger partial charge in [0.2, 0.25) is 0 Å². The van der Waals surface area contributed by atoms with E-state index in [1.807, 2.05) is 0 Å². The SMILES string of the molecule is CCCCN(CC1(C(=O)O)CCCCC1)C(C)CC. The summed E-state index contributed by atoms with van der Waals surface area (Å²) in [7, 11) is 0. The third kappa shape index (κ3) is 4.48. The second-order valence-electron chi connectivity index (χ2n) is 6.23. The lowest BCUT2D eigenvalue weighted by Gasteiger charge is -2.40. The normalized spacial score (nSPS) is 20.4. The Balaban J connectivity index is 2.74. The van der Waals surface area contributed by atoms with E-state index < -0.39 is 11.4 Å². The van der Waals surface area contributed by atoms with E-state index in [-0.39, 0.29) is 0 Å². The molecular formula is C16H31NO2. The van der Waals surface area contributed by atoms with Crippen molar-refractivity contribution in [3.63, 3.8) is 0 Å². The summed E-state index contributed by atoms with van der Waals surface area (Å²) in [6.07, 6.45) is 8.52. The van der Waals surface area contributed by atoms with Crippen LogP contribution in [0.4, 0.5) is 0 Å². The predicted molar refractivity (Wildman–Crippen MR) is 79.4 cm³/mol. The van der Waals surface area contributed by atoms with Gasteiger partial charge in [0.05, 0.1) is 5.41 Å². The summed E-state index contributed by atoms with van der Waals surface area (Å²) in [5.74, 6) is -0.572. The fraction of sp³-hybridized carbons (Fsp3) is 0.938. The molecule has 3 nitrogen and oxygen atoms in total. The highest BCUT2D eigenvalue weighted by molar-refractivity contribution is 5.75. The number of aliphatic carboxylic acids is 1. The fourth-order valence-corrected chi connectivity index (χ4v) is 3.13. The molecule has 0 amide bonds. The van der Waals surface area contributed by atoms with Gasteiger partial charge in [0.25, 0.3) is 0 Å². The first-order valence-electron chi connectivity index (χ1n) is 8.03. The minimum absolute atomic E-state index is 0.477. The third-order valence-electron chi connectivity index (χ3n) is 4.78. The molecule has 1 fully saturated rings. The van der Waals surface area contributed by atoms with Crippen molar-refractivity contribution in [1.29, 1.82) is 0 Å². The van der Waals surface area contributed by atoms with Crippen LogP contribution in [-0.4, -0.2) is 35.1 Å². The van der Waals surface area contributed by atoms with Gasteiger partial charge in [0.15, 0.2) is 0 Å². The van der Waals surface area contributed by atoms with Crippen molar-refractivity contribution in [2.45, 2.75) is 78.2 Å². The minimum Gasteiger partial charge on any atom is -0.481 e. The number of hydrogen-bond acceptors (Lipinski definition) is 2. The van der Waals surface area contributed by atoms with Crippen LogP contribution in [0.1, 0.15) is 72.1 Å². The number of nitrogens with zero attached hydrogens (tertiary/aromatic N) is 1. The molecule has 19 heavy (non-hydrogen) atoms. The first-order valence-corrected chi connectivity index (χ1v) is 8.03. The summed E-state index contributed by atoms with van der Waals surface area (Å²) in [6.45, 7) is 8.41. The van der Waals surface area contributed by atoms with Crippen LogP contribution in [0.25, 0.3) is 0 Å². The van der Waals surface area contributed by atoms with E-state index in [1.54, 1.807) is 0 Å². The molecule has 0 radical (unpaired) electrons. The molecule has 0 bridgehead atoms. The summed E-state index contributed by atoms with van der Waals surface area (Å²) < 4.78 is 0. The lowest BCUT2D eigenvalue weighted by atomic mass is 9.73. The summed E-state index contributed by atoms with van der Waals surface area (Å²) in [5, 5.41) is 9.69. The van der Waals surface area contributed by atoms with E-state index in [9.17, 15) is 9.90 Å². The Bertz CT molecular complexity index is 272. The van der Waals surface area contributed by atoms with Crippen molar-refractivity contribution in [2.24, 2.45) is 5.41 Å². The van der Waals surface area contributed by atoms with E-state index >= 15 is 0 Å². The maximum atomic E-state index is 11.8. The van der Waals surface area contributed by atoms with Crippen LogP contribution in [0.2, 0.25) is 0 Å². The molecule has 3 heteroatoms. The second-order valence-corrected chi connectivity index (χ2v) is 6.23. The van der Waals surface area contributed by atoms with Crippen molar-refractivity contribution in [3.8, 4) is 0 Å². The molecule has 1 aliphatic carbocycles. The molecule has 0 heterocycles. The first kappa shape index (κ1) is 16.5. The quantitative estimate of drug-likeness (QED) is 0.726. The molecule has 1 rings (SSSR count). The average Bonchev–Trinajstić information content (AvgIpc) is 2.43. The zero-order valence-corrected chi connectivity index (χ0v) is 13.0. The van der Waals surface area contributed by atoms with E-state index in [0.717, 1.165) is 45.2 Å². The summed E-state index contributed by atoms with van der Waals surface area (Å²) in [5.41, 5.74) is -0.477. The molecular weight excluding hydrogens is 238 g/mol. The number of hydrogen-bond donors (Lipinski definition) is 1. The Morgan fingerprint density at radius 2 is 1.89 bits per heavy atom. The number of rotatable bonds is 8. The first-order chi connectivity index (χ1) is 9.05. The highest BCUT2D eigenvalue weighted by Crippen LogP contribution is 2.38. The van der Waals surface area contributed by atoms with Gasteiger partial charge in [-0.25, -0.2) is 0 Å². The Morgan fingerprint density at radius 3 is 2.37 bits per heavy atom. The highest BCUT2D eigenvalue weighted by atomic mass is 16.4. The monoisotopic (exact) mass is 269 g/mol. The smallest absolute Gasteiger partial charge is 0.310 e. The molecule has 1 saturated carbocycles. The standard InChI is InChI=1S/C16H31NO2/c1-4-6-12-17(14(3)5-2)13-16(15(18)19)10-8-7-9-11-16/h14H,4-13H2,1-3H3,(H,18,19). The maximum absolute atomic E-state index is 11.8. The van der Waals surface area contributed by atoms with Crippen LogP contribution in [0, 0.1) is 5.41 Å². The van der Waals surface area contributed by atoms with Gasteiger partial charge in [-0.1, -0.05) is 39.5 Å². The maximum Gasteiger partial charge on any atom is 0.310 e. The van der Waals surface area contributed by atoms with Crippen molar-refractivity contribution >= 4 is 5.97 Å². The van der Waals surface area contributed by atoms with Crippen molar-refractivity contribution in [3.05, 3.63) is 0 Å². The van der Waals surface area contributed by atoms with Gasteiger partial charge < -0.3 is 5.11 Å². The van der Waals surface area contributed by atoms with Crippen LogP contribution in [0.15, 0.2) is 0 Å². The molecule has 0 aromatic carbocycles. The molecule has 112 valence electrons. The summed E-state index contributed by atoms with van der Waals surface area (Å²) in [6, 6.07) is 0.490. The second kappa shape index (κ2) is 7.88. The van der Waals surface area contributed by atoms with E-state index in [4.69, 9.17) is 0 Å². The van der Waals surface area contributed by atoms with Gasteiger partial charge in [0.1, 0.15) is 0 Å². The van der Waals surface area contributed by atoms with Gasteiger partial charge >= 0.3 is 5.97 Å². The number of unbranched alkanes of at least 4 members (excludes halogenated alkanes) is 1. The molecule has 1 atom stereocenters. The van der Waals surface area contributed by atoms with Gasteiger partial charge in [-0.05, 0) is 39.2 Å². The minimum atomic E-state index is -0.572. The zero-order valence-electron chi connectivity index (χ0n) is 13.0. The van der Waals surface area contributed by atoms with Crippen LogP contribution in [0.3, 0.4) is 0 Å². The summed E-state index contributed by atoms with van der Waals surface area (Å²) >= 11 is 0. The lowest BCUT2D eigenvalue weighted by molar-refractivity contribution is -0.153. The molecule has 0 aromatic heterocycles. The lowest BCUT2D eigenvalue weighted by Crippen LogP contribution is -2.47. The number of carboxylic acid groups (broad SMARTS) is 1. The molecule has 1 aliphatic rings.